The second-order valence-corrected chi connectivity index (χ2v) is 8.12. The van der Waals surface area contributed by atoms with E-state index in [0.717, 1.165) is 45.1 Å². The largest absolute Gasteiger partial charge is 0.338 e. The van der Waals surface area contributed by atoms with E-state index in [2.05, 4.69) is 21.4 Å². The summed E-state index contributed by atoms with van der Waals surface area (Å²) in [5.41, 5.74) is 1.87. The lowest BCUT2D eigenvalue weighted by Crippen LogP contribution is -2.41. The molecule has 0 radical (unpaired) electrons. The van der Waals surface area contributed by atoms with Crippen LogP contribution in [0.1, 0.15) is 37.4 Å². The molecule has 4 rings (SSSR count). The van der Waals surface area contributed by atoms with Crippen LogP contribution in [0.4, 0.5) is 8.78 Å². The average Bonchev–Trinajstić information content (AvgIpc) is 3.24. The molecule has 2 saturated heterocycles. The number of halogens is 2. The van der Waals surface area contributed by atoms with Crippen molar-refractivity contribution in [2.45, 2.75) is 45.8 Å². The monoisotopic (exact) mass is 388 g/mol. The van der Waals surface area contributed by atoms with Crippen molar-refractivity contribution in [3.8, 4) is 0 Å². The molecule has 2 aliphatic rings. The van der Waals surface area contributed by atoms with Crippen molar-refractivity contribution in [3.63, 3.8) is 0 Å². The van der Waals surface area contributed by atoms with Gasteiger partial charge in [-0.25, -0.2) is 13.8 Å². The van der Waals surface area contributed by atoms with E-state index in [4.69, 9.17) is 0 Å². The summed E-state index contributed by atoms with van der Waals surface area (Å²) < 4.78 is 28.7. The number of nitrogens with zero attached hydrogens (tertiary/aromatic N) is 4. The summed E-state index contributed by atoms with van der Waals surface area (Å²) in [6, 6.07) is 3.86. The summed E-state index contributed by atoms with van der Waals surface area (Å²) in [5, 5.41) is 0. The summed E-state index contributed by atoms with van der Waals surface area (Å²) in [5.74, 6) is -1.61. The van der Waals surface area contributed by atoms with Crippen LogP contribution >= 0.6 is 0 Å². The molecule has 0 bridgehead atoms. The van der Waals surface area contributed by atoms with Crippen molar-refractivity contribution >= 4 is 5.91 Å². The van der Waals surface area contributed by atoms with E-state index < -0.39 is 11.6 Å². The number of rotatable bonds is 5. The van der Waals surface area contributed by atoms with Gasteiger partial charge in [0.05, 0.1) is 12.0 Å². The van der Waals surface area contributed by atoms with E-state index in [-0.39, 0.29) is 11.3 Å². The van der Waals surface area contributed by atoms with E-state index in [1.54, 1.807) is 11.0 Å². The maximum atomic E-state index is 13.5. The number of piperidine rings is 1. The number of benzene rings is 1. The van der Waals surface area contributed by atoms with Crippen LogP contribution in [-0.2, 0) is 24.4 Å². The molecule has 1 aromatic carbocycles. The number of hydrogen-bond acceptors (Lipinski definition) is 3. The lowest BCUT2D eigenvalue weighted by atomic mass is 9.77. The van der Waals surface area contributed by atoms with Gasteiger partial charge in [-0.2, -0.15) is 0 Å². The summed E-state index contributed by atoms with van der Waals surface area (Å²) in [7, 11) is 0. The number of aryl methyl sites for hydroxylation is 1. The van der Waals surface area contributed by atoms with E-state index >= 15 is 0 Å². The smallest absolute Gasteiger partial charge is 0.223 e. The number of amides is 1. The molecule has 0 N–H and O–H groups in total. The Balaban J connectivity index is 1.35. The van der Waals surface area contributed by atoms with Crippen LogP contribution in [0.3, 0.4) is 0 Å². The van der Waals surface area contributed by atoms with Gasteiger partial charge in [-0.1, -0.05) is 6.07 Å². The fourth-order valence-electron chi connectivity index (χ4n) is 4.50. The Hall–Kier alpha value is -2.28. The van der Waals surface area contributed by atoms with Crippen molar-refractivity contribution in [2.75, 3.05) is 19.6 Å². The number of aromatic nitrogens is 2. The van der Waals surface area contributed by atoms with Gasteiger partial charge in [0.2, 0.25) is 5.91 Å². The molecule has 5 nitrogen and oxygen atoms in total. The van der Waals surface area contributed by atoms with Gasteiger partial charge < -0.3 is 9.47 Å². The third kappa shape index (κ3) is 3.81. The van der Waals surface area contributed by atoms with E-state index in [1.165, 1.54) is 11.8 Å². The van der Waals surface area contributed by atoms with Crippen LogP contribution in [0.2, 0.25) is 0 Å². The van der Waals surface area contributed by atoms with Crippen molar-refractivity contribution in [2.24, 2.45) is 5.41 Å². The minimum Gasteiger partial charge on any atom is -0.338 e. The predicted molar refractivity (Wildman–Crippen MR) is 101 cm³/mol. The fraction of sp³-hybridized carbons (Fsp3) is 0.524. The first-order valence-electron chi connectivity index (χ1n) is 9.91. The zero-order valence-corrected chi connectivity index (χ0v) is 16.2. The van der Waals surface area contributed by atoms with Crippen LogP contribution in [0.25, 0.3) is 0 Å². The standard InChI is InChI=1S/C21H26F2N4O/c1-2-26-15-24-11-17(26)13-25-7-5-21(6-8-25)10-20(28)27(14-21)12-16-3-4-18(22)19(23)9-16/h3-4,9,11,15H,2,5-8,10,12-14H2,1H3. The normalized spacial score (nSPS) is 19.7. The highest BCUT2D eigenvalue weighted by Crippen LogP contribution is 2.41. The highest BCUT2D eigenvalue weighted by Gasteiger charge is 2.44. The Labute approximate surface area is 164 Å². The molecule has 7 heteroatoms. The van der Waals surface area contributed by atoms with Gasteiger partial charge in [-0.05, 0) is 56.0 Å². The van der Waals surface area contributed by atoms with Gasteiger partial charge in [0.1, 0.15) is 0 Å². The van der Waals surface area contributed by atoms with Crippen molar-refractivity contribution < 1.29 is 13.6 Å². The first kappa shape index (κ1) is 19.1. The van der Waals surface area contributed by atoms with Crippen molar-refractivity contribution in [1.82, 2.24) is 19.4 Å². The van der Waals surface area contributed by atoms with Crippen LogP contribution in [0.5, 0.6) is 0 Å². The second kappa shape index (κ2) is 7.62. The molecule has 0 unspecified atom stereocenters. The zero-order chi connectivity index (χ0) is 19.7. The Morgan fingerprint density at radius 1 is 1.14 bits per heavy atom. The van der Waals surface area contributed by atoms with E-state index in [0.29, 0.717) is 25.1 Å². The fourth-order valence-corrected chi connectivity index (χ4v) is 4.50. The van der Waals surface area contributed by atoms with E-state index in [9.17, 15) is 13.6 Å². The first-order valence-corrected chi connectivity index (χ1v) is 9.91. The Morgan fingerprint density at radius 3 is 2.64 bits per heavy atom. The number of imidazole rings is 1. The molecular formula is C21H26F2N4O. The molecule has 2 aliphatic heterocycles. The lowest BCUT2D eigenvalue weighted by Gasteiger charge is -2.38. The average molecular weight is 388 g/mol. The minimum absolute atomic E-state index is 0.0111. The zero-order valence-electron chi connectivity index (χ0n) is 16.2. The molecule has 1 spiro atoms. The molecule has 0 aliphatic carbocycles. The lowest BCUT2D eigenvalue weighted by molar-refractivity contribution is -0.128. The number of hydrogen-bond donors (Lipinski definition) is 0. The number of carbonyl (C=O) groups is 1. The molecule has 3 heterocycles. The Kier molecular flexibility index (Phi) is 5.19. The van der Waals surface area contributed by atoms with Gasteiger partial charge in [0.25, 0.3) is 0 Å². The molecular weight excluding hydrogens is 362 g/mol. The maximum absolute atomic E-state index is 13.5. The maximum Gasteiger partial charge on any atom is 0.223 e. The summed E-state index contributed by atoms with van der Waals surface area (Å²) in [4.78, 5) is 21.0. The highest BCUT2D eigenvalue weighted by atomic mass is 19.2. The molecule has 2 aromatic rings. The third-order valence-corrected chi connectivity index (χ3v) is 6.20. The van der Waals surface area contributed by atoms with Gasteiger partial charge in [0, 0.05) is 38.8 Å². The molecule has 28 heavy (non-hydrogen) atoms. The van der Waals surface area contributed by atoms with E-state index in [1.807, 2.05) is 12.5 Å². The van der Waals surface area contributed by atoms with Gasteiger partial charge in [-0.15, -0.1) is 0 Å². The van der Waals surface area contributed by atoms with Gasteiger partial charge >= 0.3 is 0 Å². The molecule has 1 aromatic heterocycles. The van der Waals surface area contributed by atoms with Crippen LogP contribution in [0, 0.1) is 17.0 Å². The second-order valence-electron chi connectivity index (χ2n) is 8.12. The van der Waals surface area contributed by atoms with Gasteiger partial charge in [-0.3, -0.25) is 9.69 Å². The Bertz CT molecular complexity index is 858. The minimum atomic E-state index is -0.863. The topological polar surface area (TPSA) is 41.4 Å². The first-order chi connectivity index (χ1) is 13.5. The van der Waals surface area contributed by atoms with Crippen LogP contribution in [-0.4, -0.2) is 44.9 Å². The quantitative estimate of drug-likeness (QED) is 0.790. The predicted octanol–water partition coefficient (Wildman–Crippen LogP) is 3.20. The van der Waals surface area contributed by atoms with Crippen molar-refractivity contribution in [3.05, 3.63) is 53.6 Å². The van der Waals surface area contributed by atoms with Crippen molar-refractivity contribution in [1.29, 1.82) is 0 Å². The summed E-state index contributed by atoms with van der Waals surface area (Å²) in [6.07, 6.45) is 6.31. The summed E-state index contributed by atoms with van der Waals surface area (Å²) >= 11 is 0. The molecule has 0 atom stereocenters. The Morgan fingerprint density at radius 2 is 1.93 bits per heavy atom. The molecule has 150 valence electrons. The SMILES string of the molecule is CCn1cncc1CN1CCC2(CC1)CC(=O)N(Cc1ccc(F)c(F)c1)C2. The number of likely N-dealkylation sites (tertiary alicyclic amines) is 2. The van der Waals surface area contributed by atoms with Crippen LogP contribution in [0.15, 0.2) is 30.7 Å². The molecule has 0 saturated carbocycles. The molecule has 2 fully saturated rings. The highest BCUT2D eigenvalue weighted by molar-refractivity contribution is 5.79. The number of carbonyl (C=O) groups excluding carboxylic acids is 1. The van der Waals surface area contributed by atoms with Crippen LogP contribution < -0.4 is 0 Å². The third-order valence-electron chi connectivity index (χ3n) is 6.20. The molecule has 1 amide bonds. The summed E-state index contributed by atoms with van der Waals surface area (Å²) in [6.45, 7) is 6.88. The van der Waals surface area contributed by atoms with Gasteiger partial charge in [0.15, 0.2) is 11.6 Å².